The van der Waals surface area contributed by atoms with Gasteiger partial charge in [0.05, 0.1) is 16.0 Å². The molecule has 1 aliphatic heterocycles. The van der Waals surface area contributed by atoms with Crippen LogP contribution in [0.5, 0.6) is 0 Å². The molecule has 0 aliphatic carbocycles. The molecule has 0 atom stereocenters. The number of hydrogen-bond donors (Lipinski definition) is 1. The number of benzene rings is 2. The first kappa shape index (κ1) is 19.0. The van der Waals surface area contributed by atoms with E-state index in [1.54, 1.807) is 6.21 Å². The number of hydrazone groups is 1. The highest BCUT2D eigenvalue weighted by Gasteiger charge is 2.29. The molecule has 0 saturated carbocycles. The standard InChI is InChI=1S/C18H20N4O4S/c1-14-6-2-3-7-15(14)13-19-20-17-9-8-16(12-18(17)22(23)24)27(25,26)21-10-4-5-11-21/h2-3,6-9,12-13,20H,4-5,10-11H2,1H3/b19-13-. The van der Waals surface area contributed by atoms with Gasteiger partial charge in [0.15, 0.2) is 0 Å². The topological polar surface area (TPSA) is 105 Å². The first-order valence-corrected chi connectivity index (χ1v) is 9.97. The molecule has 1 saturated heterocycles. The summed E-state index contributed by atoms with van der Waals surface area (Å²) in [5.41, 5.74) is 4.33. The van der Waals surface area contributed by atoms with Gasteiger partial charge in [-0.1, -0.05) is 24.3 Å². The average Bonchev–Trinajstić information content (AvgIpc) is 3.19. The Balaban J connectivity index is 1.86. The van der Waals surface area contributed by atoms with Crippen LogP contribution in [0.15, 0.2) is 52.5 Å². The van der Waals surface area contributed by atoms with Gasteiger partial charge in [-0.05, 0) is 43.0 Å². The zero-order valence-corrected chi connectivity index (χ0v) is 15.6. The Hall–Kier alpha value is -2.78. The number of sulfonamides is 1. The van der Waals surface area contributed by atoms with Crippen molar-refractivity contribution < 1.29 is 13.3 Å². The van der Waals surface area contributed by atoms with E-state index in [1.807, 2.05) is 31.2 Å². The lowest BCUT2D eigenvalue weighted by Crippen LogP contribution is -2.27. The summed E-state index contributed by atoms with van der Waals surface area (Å²) in [7, 11) is -3.72. The molecule has 3 rings (SSSR count). The predicted octanol–water partition coefficient (Wildman–Crippen LogP) is 3.13. The number of nitrogens with one attached hydrogen (secondary N) is 1. The Morgan fingerprint density at radius 3 is 2.56 bits per heavy atom. The van der Waals surface area contributed by atoms with Crippen LogP contribution < -0.4 is 5.43 Å². The first-order chi connectivity index (χ1) is 12.9. The van der Waals surface area contributed by atoms with Crippen molar-refractivity contribution in [1.29, 1.82) is 0 Å². The molecule has 9 heteroatoms. The van der Waals surface area contributed by atoms with Crippen LogP contribution in [-0.2, 0) is 10.0 Å². The molecule has 0 bridgehead atoms. The molecule has 1 fully saturated rings. The molecule has 1 aliphatic rings. The molecule has 8 nitrogen and oxygen atoms in total. The quantitative estimate of drug-likeness (QED) is 0.465. The Morgan fingerprint density at radius 1 is 1.19 bits per heavy atom. The van der Waals surface area contributed by atoms with E-state index >= 15 is 0 Å². The van der Waals surface area contributed by atoms with Gasteiger partial charge in [0, 0.05) is 19.2 Å². The van der Waals surface area contributed by atoms with Crippen molar-refractivity contribution in [1.82, 2.24) is 4.31 Å². The Morgan fingerprint density at radius 2 is 1.89 bits per heavy atom. The molecule has 0 spiro atoms. The first-order valence-electron chi connectivity index (χ1n) is 8.53. The SMILES string of the molecule is Cc1ccccc1/C=N\Nc1ccc(S(=O)(=O)N2CCCC2)cc1[N+](=O)[O-]. The van der Waals surface area contributed by atoms with Gasteiger partial charge in [-0.3, -0.25) is 15.5 Å². The second kappa shape index (κ2) is 7.85. The van der Waals surface area contributed by atoms with Gasteiger partial charge in [-0.25, -0.2) is 8.42 Å². The maximum atomic E-state index is 12.6. The highest BCUT2D eigenvalue weighted by Crippen LogP contribution is 2.30. The lowest BCUT2D eigenvalue weighted by Gasteiger charge is -2.15. The molecular weight excluding hydrogens is 368 g/mol. The van der Waals surface area contributed by atoms with Gasteiger partial charge in [-0.2, -0.15) is 9.41 Å². The van der Waals surface area contributed by atoms with Gasteiger partial charge in [0.2, 0.25) is 10.0 Å². The van der Waals surface area contributed by atoms with Gasteiger partial charge < -0.3 is 0 Å². The summed E-state index contributed by atoms with van der Waals surface area (Å²) in [6.07, 6.45) is 3.16. The zero-order valence-electron chi connectivity index (χ0n) is 14.8. The Bertz CT molecular complexity index is 983. The molecule has 0 aromatic heterocycles. The third kappa shape index (κ3) is 4.15. The van der Waals surface area contributed by atoms with E-state index in [-0.39, 0.29) is 16.3 Å². The molecule has 1 N–H and O–H groups in total. The second-order valence-corrected chi connectivity index (χ2v) is 8.21. The van der Waals surface area contributed by atoms with Gasteiger partial charge in [0.1, 0.15) is 5.69 Å². The highest BCUT2D eigenvalue weighted by atomic mass is 32.2. The van der Waals surface area contributed by atoms with E-state index in [0.29, 0.717) is 13.1 Å². The van der Waals surface area contributed by atoms with Crippen molar-refractivity contribution in [2.45, 2.75) is 24.7 Å². The second-order valence-electron chi connectivity index (χ2n) is 6.27. The van der Waals surface area contributed by atoms with E-state index in [4.69, 9.17) is 0 Å². The molecule has 27 heavy (non-hydrogen) atoms. The third-order valence-corrected chi connectivity index (χ3v) is 6.34. The fourth-order valence-electron chi connectivity index (χ4n) is 2.90. The van der Waals surface area contributed by atoms with Crippen molar-refractivity contribution >= 4 is 27.6 Å². The van der Waals surface area contributed by atoms with Crippen LogP contribution in [-0.4, -0.2) is 37.0 Å². The van der Waals surface area contributed by atoms with E-state index < -0.39 is 14.9 Å². The molecule has 2 aromatic carbocycles. The summed E-state index contributed by atoms with van der Waals surface area (Å²) >= 11 is 0. The fourth-order valence-corrected chi connectivity index (χ4v) is 4.44. The van der Waals surface area contributed by atoms with Crippen LogP contribution in [0.25, 0.3) is 0 Å². The van der Waals surface area contributed by atoms with Crippen LogP contribution in [0.4, 0.5) is 11.4 Å². The number of aryl methyl sites for hydroxylation is 1. The minimum Gasteiger partial charge on any atom is -0.272 e. The number of nitro groups is 1. The summed E-state index contributed by atoms with van der Waals surface area (Å²) < 4.78 is 26.6. The zero-order chi connectivity index (χ0) is 19.4. The maximum Gasteiger partial charge on any atom is 0.295 e. The van der Waals surface area contributed by atoms with Gasteiger partial charge in [0.25, 0.3) is 5.69 Å². The largest absolute Gasteiger partial charge is 0.295 e. The number of rotatable bonds is 6. The van der Waals surface area contributed by atoms with E-state index in [9.17, 15) is 18.5 Å². The highest BCUT2D eigenvalue weighted by molar-refractivity contribution is 7.89. The van der Waals surface area contributed by atoms with Crippen LogP contribution in [0.3, 0.4) is 0 Å². The summed E-state index contributed by atoms with van der Waals surface area (Å²) in [5, 5.41) is 15.5. The minimum atomic E-state index is -3.72. The smallest absolute Gasteiger partial charge is 0.272 e. The Labute approximate surface area is 157 Å². The lowest BCUT2D eigenvalue weighted by molar-refractivity contribution is -0.384. The fraction of sp³-hybridized carbons (Fsp3) is 0.278. The van der Waals surface area contributed by atoms with Crippen molar-refractivity contribution in [3.05, 3.63) is 63.7 Å². The lowest BCUT2D eigenvalue weighted by atomic mass is 10.1. The van der Waals surface area contributed by atoms with Crippen molar-refractivity contribution in [2.24, 2.45) is 5.10 Å². The average molecular weight is 388 g/mol. The van der Waals surface area contributed by atoms with Crippen LogP contribution in [0, 0.1) is 17.0 Å². The van der Waals surface area contributed by atoms with Gasteiger partial charge >= 0.3 is 0 Å². The van der Waals surface area contributed by atoms with Gasteiger partial charge in [-0.15, -0.1) is 0 Å². The number of nitrogens with zero attached hydrogens (tertiary/aromatic N) is 3. The maximum absolute atomic E-state index is 12.6. The normalized spacial score (nSPS) is 15.3. The van der Waals surface area contributed by atoms with E-state index in [2.05, 4.69) is 10.5 Å². The molecule has 0 unspecified atom stereocenters. The molecule has 0 radical (unpaired) electrons. The van der Waals surface area contributed by atoms with Crippen molar-refractivity contribution in [2.75, 3.05) is 18.5 Å². The summed E-state index contributed by atoms with van der Waals surface area (Å²) in [5.74, 6) is 0. The molecular formula is C18H20N4O4S. The van der Waals surface area contributed by atoms with Crippen LogP contribution in [0.2, 0.25) is 0 Å². The number of nitro benzene ring substituents is 1. The van der Waals surface area contributed by atoms with Crippen LogP contribution >= 0.6 is 0 Å². The summed E-state index contributed by atoms with van der Waals surface area (Å²) in [6, 6.07) is 11.4. The number of hydrogen-bond acceptors (Lipinski definition) is 6. The molecule has 1 heterocycles. The molecule has 2 aromatic rings. The monoisotopic (exact) mass is 388 g/mol. The minimum absolute atomic E-state index is 0.0791. The Kier molecular flexibility index (Phi) is 5.52. The van der Waals surface area contributed by atoms with E-state index in [0.717, 1.165) is 30.0 Å². The molecule has 0 amide bonds. The van der Waals surface area contributed by atoms with Crippen molar-refractivity contribution in [3.63, 3.8) is 0 Å². The summed E-state index contributed by atoms with van der Waals surface area (Å²) in [4.78, 5) is 10.7. The van der Waals surface area contributed by atoms with E-state index in [1.165, 1.54) is 16.4 Å². The molecule has 142 valence electrons. The van der Waals surface area contributed by atoms with Crippen LogP contribution in [0.1, 0.15) is 24.0 Å². The van der Waals surface area contributed by atoms with Crippen molar-refractivity contribution in [3.8, 4) is 0 Å². The summed E-state index contributed by atoms with van der Waals surface area (Å²) in [6.45, 7) is 2.81. The number of anilines is 1. The predicted molar refractivity (Wildman–Crippen MR) is 103 cm³/mol. The third-order valence-electron chi connectivity index (χ3n) is 4.45.